The van der Waals surface area contributed by atoms with Gasteiger partial charge in [-0.05, 0) is 72.4 Å². The SMILES string of the molecule is COc1ccc(-c2cnc(N3CCC(NCc4ccc(/C=C(\C)C(=O)NO)cc4)CC3)c(C#N)c2-c2ccc(C#N)c(F)c2)cc1O. The van der Waals surface area contributed by atoms with Crippen LogP contribution in [0.4, 0.5) is 10.2 Å². The van der Waals surface area contributed by atoms with E-state index in [-0.39, 0.29) is 28.7 Å². The number of ether oxygens (including phenoxy) is 1. The van der Waals surface area contributed by atoms with Crippen LogP contribution in [0.15, 0.2) is 72.4 Å². The summed E-state index contributed by atoms with van der Waals surface area (Å²) in [5.41, 5.74) is 6.09. The molecule has 3 aromatic carbocycles. The number of aromatic nitrogens is 1. The van der Waals surface area contributed by atoms with Gasteiger partial charge in [-0.15, -0.1) is 0 Å². The fraction of sp³-hybridized carbons (Fsp3) is 0.222. The Labute approximate surface area is 271 Å². The number of benzene rings is 3. The van der Waals surface area contributed by atoms with Crippen molar-refractivity contribution < 1.29 is 24.2 Å². The first-order valence-electron chi connectivity index (χ1n) is 15.0. The zero-order valence-corrected chi connectivity index (χ0v) is 25.9. The Balaban J connectivity index is 1.36. The van der Waals surface area contributed by atoms with Crippen molar-refractivity contribution in [3.05, 3.63) is 101 Å². The van der Waals surface area contributed by atoms with E-state index in [0.29, 0.717) is 53.3 Å². The normalized spacial score (nSPS) is 13.5. The van der Waals surface area contributed by atoms with E-state index in [4.69, 9.17) is 14.9 Å². The summed E-state index contributed by atoms with van der Waals surface area (Å²) in [7, 11) is 1.45. The number of pyridine rings is 1. The van der Waals surface area contributed by atoms with Gasteiger partial charge < -0.3 is 20.1 Å². The topological polar surface area (TPSA) is 155 Å². The molecule has 1 saturated heterocycles. The second kappa shape index (κ2) is 14.6. The lowest BCUT2D eigenvalue weighted by Gasteiger charge is -2.34. The first-order chi connectivity index (χ1) is 22.8. The van der Waals surface area contributed by atoms with Gasteiger partial charge in [-0.3, -0.25) is 10.0 Å². The molecule has 10 nitrogen and oxygen atoms in total. The molecule has 0 aliphatic carbocycles. The maximum Gasteiger partial charge on any atom is 0.270 e. The van der Waals surface area contributed by atoms with Crippen LogP contribution in [0, 0.1) is 28.5 Å². The lowest BCUT2D eigenvalue weighted by Crippen LogP contribution is -2.42. The van der Waals surface area contributed by atoms with Gasteiger partial charge in [0.1, 0.15) is 29.3 Å². The average Bonchev–Trinajstić information content (AvgIpc) is 3.10. The fourth-order valence-electron chi connectivity index (χ4n) is 5.68. The van der Waals surface area contributed by atoms with Gasteiger partial charge in [0, 0.05) is 48.6 Å². The van der Waals surface area contributed by atoms with E-state index in [1.165, 1.54) is 25.3 Å². The van der Waals surface area contributed by atoms with Crippen molar-refractivity contribution >= 4 is 17.8 Å². The van der Waals surface area contributed by atoms with Crippen molar-refractivity contribution in [1.82, 2.24) is 15.8 Å². The van der Waals surface area contributed by atoms with Crippen LogP contribution in [-0.4, -0.2) is 47.4 Å². The summed E-state index contributed by atoms with van der Waals surface area (Å²) in [6.45, 7) is 3.56. The summed E-state index contributed by atoms with van der Waals surface area (Å²) in [5, 5.41) is 42.6. The molecular weight excluding hydrogens is 599 g/mol. The third kappa shape index (κ3) is 7.23. The number of hydrogen-bond donors (Lipinski definition) is 4. The summed E-state index contributed by atoms with van der Waals surface area (Å²) in [6.07, 6.45) is 4.93. The number of aromatic hydroxyl groups is 1. The Morgan fingerprint density at radius 1 is 1.09 bits per heavy atom. The zero-order valence-electron chi connectivity index (χ0n) is 25.9. The molecule has 0 unspecified atom stereocenters. The molecule has 2 heterocycles. The molecule has 5 rings (SSSR count). The molecule has 0 atom stereocenters. The molecule has 11 heteroatoms. The maximum absolute atomic E-state index is 14.9. The summed E-state index contributed by atoms with van der Waals surface area (Å²) in [6, 6.07) is 21.3. The van der Waals surface area contributed by atoms with Crippen LogP contribution >= 0.6 is 0 Å². The molecule has 238 valence electrons. The quantitative estimate of drug-likeness (QED) is 0.104. The Kier molecular flexibility index (Phi) is 10.1. The van der Waals surface area contributed by atoms with Gasteiger partial charge in [-0.1, -0.05) is 36.4 Å². The zero-order chi connectivity index (χ0) is 33.5. The number of piperidine rings is 1. The second-order valence-corrected chi connectivity index (χ2v) is 11.2. The highest BCUT2D eigenvalue weighted by molar-refractivity contribution is 5.96. The molecule has 47 heavy (non-hydrogen) atoms. The van der Waals surface area contributed by atoms with Crippen LogP contribution < -0.4 is 20.4 Å². The molecule has 1 amide bonds. The van der Waals surface area contributed by atoms with Crippen molar-refractivity contribution in [2.45, 2.75) is 32.4 Å². The summed E-state index contributed by atoms with van der Waals surface area (Å²) < 4.78 is 20.0. The number of nitrogens with zero attached hydrogens (tertiary/aromatic N) is 4. The van der Waals surface area contributed by atoms with E-state index in [1.807, 2.05) is 30.3 Å². The van der Waals surface area contributed by atoms with Crippen molar-refractivity contribution in [3.63, 3.8) is 0 Å². The standard InChI is InChI=1S/C36H33FN6O4/c1-22(36(45)42-46)15-23-3-5-24(6-4-23)20-40-28-11-13-43(14-12-28)35-29(19-39)34(26-7-8-27(18-38)31(37)16-26)30(21-41-35)25-9-10-33(47-2)32(44)17-25/h3-10,15-17,21,28,40,44,46H,11-14,20H2,1-2H3,(H,42,45)/b22-15+. The Bertz CT molecular complexity index is 1900. The van der Waals surface area contributed by atoms with Crippen LogP contribution in [0.5, 0.6) is 11.5 Å². The smallest absolute Gasteiger partial charge is 0.270 e. The first-order valence-corrected chi connectivity index (χ1v) is 15.0. The highest BCUT2D eigenvalue weighted by Crippen LogP contribution is 2.41. The van der Waals surface area contributed by atoms with Gasteiger partial charge in [0.25, 0.3) is 5.91 Å². The van der Waals surface area contributed by atoms with Crippen molar-refractivity contribution in [1.29, 1.82) is 10.5 Å². The Morgan fingerprint density at radius 3 is 2.43 bits per heavy atom. The monoisotopic (exact) mass is 632 g/mol. The maximum atomic E-state index is 14.9. The summed E-state index contributed by atoms with van der Waals surface area (Å²) in [5.74, 6) is -0.560. The largest absolute Gasteiger partial charge is 0.504 e. The Hall–Kier alpha value is -5.75. The molecule has 0 saturated carbocycles. The number of amides is 1. The van der Waals surface area contributed by atoms with Gasteiger partial charge >= 0.3 is 0 Å². The molecule has 4 N–H and O–H groups in total. The van der Waals surface area contributed by atoms with E-state index >= 15 is 0 Å². The van der Waals surface area contributed by atoms with Crippen LogP contribution in [0.3, 0.4) is 0 Å². The van der Waals surface area contributed by atoms with E-state index in [2.05, 4.69) is 16.3 Å². The van der Waals surface area contributed by atoms with Gasteiger partial charge in [0.2, 0.25) is 0 Å². The van der Waals surface area contributed by atoms with Gasteiger partial charge in [-0.25, -0.2) is 14.9 Å². The molecule has 0 radical (unpaired) electrons. The number of hydroxylamine groups is 1. The number of nitriles is 2. The van der Waals surface area contributed by atoms with Crippen LogP contribution in [0.1, 0.15) is 42.0 Å². The van der Waals surface area contributed by atoms with Crippen LogP contribution in [0.25, 0.3) is 28.3 Å². The molecule has 1 aliphatic rings. The van der Waals surface area contributed by atoms with E-state index in [9.17, 15) is 24.8 Å². The number of hydrogen-bond acceptors (Lipinski definition) is 9. The van der Waals surface area contributed by atoms with Crippen molar-refractivity contribution in [2.24, 2.45) is 0 Å². The first kappa shape index (κ1) is 32.6. The number of phenols is 1. The average molecular weight is 633 g/mol. The third-order valence-corrected chi connectivity index (χ3v) is 8.25. The third-order valence-electron chi connectivity index (χ3n) is 8.25. The number of carbonyl (C=O) groups is 1. The van der Waals surface area contributed by atoms with Crippen molar-refractivity contribution in [3.8, 4) is 45.9 Å². The number of carbonyl (C=O) groups excluding carboxylic acids is 1. The van der Waals surface area contributed by atoms with E-state index < -0.39 is 11.7 Å². The molecule has 1 aromatic heterocycles. The number of anilines is 1. The molecule has 4 aromatic rings. The lowest BCUT2D eigenvalue weighted by atomic mass is 9.91. The number of methoxy groups -OCH3 is 1. The number of halogens is 1. The molecule has 0 bridgehead atoms. The number of nitrogens with one attached hydrogen (secondary N) is 2. The predicted molar refractivity (Wildman–Crippen MR) is 175 cm³/mol. The molecule has 1 fully saturated rings. The minimum absolute atomic E-state index is 0.0888. The lowest BCUT2D eigenvalue weighted by molar-refractivity contribution is -0.125. The van der Waals surface area contributed by atoms with E-state index in [1.54, 1.807) is 42.9 Å². The summed E-state index contributed by atoms with van der Waals surface area (Å²) >= 11 is 0. The number of phenolic OH excluding ortho intramolecular Hbond substituents is 1. The van der Waals surface area contributed by atoms with Crippen LogP contribution in [-0.2, 0) is 11.3 Å². The Morgan fingerprint density at radius 2 is 1.81 bits per heavy atom. The molecular formula is C36H33FN6O4. The highest BCUT2D eigenvalue weighted by Gasteiger charge is 2.26. The second-order valence-electron chi connectivity index (χ2n) is 11.2. The fourth-order valence-corrected chi connectivity index (χ4v) is 5.68. The van der Waals surface area contributed by atoms with Gasteiger partial charge in [-0.2, -0.15) is 10.5 Å². The minimum atomic E-state index is -0.696. The highest BCUT2D eigenvalue weighted by atomic mass is 19.1. The predicted octanol–water partition coefficient (Wildman–Crippen LogP) is 5.68. The van der Waals surface area contributed by atoms with Crippen LogP contribution in [0.2, 0.25) is 0 Å². The molecule has 0 spiro atoms. The van der Waals surface area contributed by atoms with Crippen molar-refractivity contribution in [2.75, 3.05) is 25.1 Å². The molecule has 1 aliphatic heterocycles. The van der Waals surface area contributed by atoms with Gasteiger partial charge in [0.15, 0.2) is 11.5 Å². The minimum Gasteiger partial charge on any atom is -0.504 e. The van der Waals surface area contributed by atoms with Gasteiger partial charge in [0.05, 0.1) is 12.7 Å². The van der Waals surface area contributed by atoms with E-state index in [0.717, 1.165) is 24.0 Å². The number of rotatable bonds is 9. The summed E-state index contributed by atoms with van der Waals surface area (Å²) in [4.78, 5) is 18.3.